The number of nitrogens with two attached hydrogens (primary N) is 1. The lowest BCUT2D eigenvalue weighted by Crippen LogP contribution is -2.20. The number of hydrogen-bond donors (Lipinski definition) is 3. The quantitative estimate of drug-likeness (QED) is 0.476. The number of aliphatic imine (C=N–C) groups is 1. The van der Waals surface area contributed by atoms with Crippen molar-refractivity contribution in [2.24, 2.45) is 10.4 Å². The van der Waals surface area contributed by atoms with E-state index in [4.69, 9.17) is 5.73 Å². The maximum Gasteiger partial charge on any atom is 0.171 e. The summed E-state index contributed by atoms with van der Waals surface area (Å²) in [7, 11) is 0. The first kappa shape index (κ1) is 16.8. The lowest BCUT2D eigenvalue weighted by atomic mass is 9.87. The molecule has 0 aliphatic heterocycles. The number of carbonyl (C=O) groups excluding carboxylic acids is 1. The number of anilines is 1. The second-order valence-electron chi connectivity index (χ2n) is 7.10. The van der Waals surface area contributed by atoms with E-state index in [0.717, 1.165) is 22.2 Å². The number of benzene rings is 1. The van der Waals surface area contributed by atoms with E-state index >= 15 is 0 Å². The average molecular weight is 334 g/mol. The number of hydrogen-bond acceptors (Lipinski definition) is 3. The van der Waals surface area contributed by atoms with Gasteiger partial charge in [0.15, 0.2) is 11.6 Å². The van der Waals surface area contributed by atoms with Gasteiger partial charge in [-0.2, -0.15) is 0 Å². The van der Waals surface area contributed by atoms with Crippen molar-refractivity contribution in [1.29, 1.82) is 0 Å². The first-order valence-electron chi connectivity index (χ1n) is 8.10. The molecule has 0 aliphatic carbocycles. The highest BCUT2D eigenvalue weighted by atomic mass is 16.1. The molecule has 5 nitrogen and oxygen atoms in total. The molecule has 4 N–H and O–H groups in total. The Balaban J connectivity index is 1.83. The molecular weight excluding hydrogens is 312 g/mol. The van der Waals surface area contributed by atoms with Gasteiger partial charge in [-0.15, -0.1) is 0 Å². The van der Waals surface area contributed by atoms with Gasteiger partial charge in [0.25, 0.3) is 0 Å². The molecule has 0 atom stereocenters. The Morgan fingerprint density at radius 3 is 2.68 bits per heavy atom. The van der Waals surface area contributed by atoms with Crippen molar-refractivity contribution in [3.63, 3.8) is 0 Å². The summed E-state index contributed by atoms with van der Waals surface area (Å²) in [5, 5.41) is 1.12. The van der Waals surface area contributed by atoms with Gasteiger partial charge >= 0.3 is 0 Å². The number of aromatic nitrogens is 2. The van der Waals surface area contributed by atoms with Crippen LogP contribution in [-0.2, 0) is 0 Å². The summed E-state index contributed by atoms with van der Waals surface area (Å²) in [6.45, 7) is 9.63. The van der Waals surface area contributed by atoms with E-state index in [1.807, 2.05) is 51.1 Å². The Labute approximate surface area is 146 Å². The van der Waals surface area contributed by atoms with Crippen LogP contribution < -0.4 is 5.73 Å². The number of aromatic amines is 2. The number of nitrogen functional groups attached to an aromatic ring is 1. The largest absolute Gasteiger partial charge is 0.395 e. The van der Waals surface area contributed by atoms with E-state index in [2.05, 4.69) is 21.5 Å². The van der Waals surface area contributed by atoms with Gasteiger partial charge in [-0.25, -0.2) is 4.99 Å². The zero-order chi connectivity index (χ0) is 18.2. The summed E-state index contributed by atoms with van der Waals surface area (Å²) in [6.07, 6.45) is 3.25. The molecule has 2 aromatic heterocycles. The average Bonchev–Trinajstić information content (AvgIpc) is 3.14. The summed E-state index contributed by atoms with van der Waals surface area (Å²) in [5.74, 6) is 0.446. The smallest absolute Gasteiger partial charge is 0.171 e. The topological polar surface area (TPSA) is 87.0 Å². The number of Topliss-reactive ketones (excluding diaryl/α,β-unsaturated/α-hetero) is 1. The number of carbonyl (C=O) groups is 1. The van der Waals surface area contributed by atoms with Crippen LogP contribution in [0.15, 0.2) is 48.1 Å². The molecule has 0 aliphatic rings. The minimum atomic E-state index is -0.495. The van der Waals surface area contributed by atoms with Crippen LogP contribution in [0.5, 0.6) is 0 Å². The van der Waals surface area contributed by atoms with Crippen molar-refractivity contribution in [2.45, 2.75) is 20.8 Å². The molecule has 0 amide bonds. The third kappa shape index (κ3) is 3.26. The monoisotopic (exact) mass is 334 g/mol. The Morgan fingerprint density at radius 2 is 2.00 bits per heavy atom. The highest BCUT2D eigenvalue weighted by Crippen LogP contribution is 2.30. The van der Waals surface area contributed by atoms with E-state index in [1.54, 1.807) is 12.4 Å². The van der Waals surface area contributed by atoms with Crippen LogP contribution in [-0.4, -0.2) is 22.0 Å². The van der Waals surface area contributed by atoms with Crippen molar-refractivity contribution in [3.05, 3.63) is 54.4 Å². The maximum atomic E-state index is 12.4. The van der Waals surface area contributed by atoms with E-state index in [9.17, 15) is 4.79 Å². The van der Waals surface area contributed by atoms with Gasteiger partial charge in [0, 0.05) is 40.0 Å². The van der Waals surface area contributed by atoms with Gasteiger partial charge in [-0.3, -0.25) is 4.79 Å². The highest BCUT2D eigenvalue weighted by Gasteiger charge is 2.26. The molecule has 0 bridgehead atoms. The van der Waals surface area contributed by atoms with Crippen LogP contribution in [0.2, 0.25) is 0 Å². The fraction of sp³-hybridized carbons (Fsp3) is 0.200. The molecule has 25 heavy (non-hydrogen) atoms. The van der Waals surface area contributed by atoms with Crippen LogP contribution >= 0.6 is 0 Å². The summed E-state index contributed by atoms with van der Waals surface area (Å²) < 4.78 is 0. The van der Waals surface area contributed by atoms with E-state index in [-0.39, 0.29) is 5.78 Å². The van der Waals surface area contributed by atoms with Crippen LogP contribution in [0.3, 0.4) is 0 Å². The summed E-state index contributed by atoms with van der Waals surface area (Å²) in [6, 6.07) is 10.0. The SMILES string of the molecule is C=C(/C=N\c1[nH]cc(C(=O)C(C)(C)C)c1N)c1cc2ccccc2[nH]1. The molecule has 1 aromatic carbocycles. The predicted octanol–water partition coefficient (Wildman–Crippen LogP) is 4.72. The Kier molecular flexibility index (Phi) is 4.08. The number of ketones is 1. The molecule has 0 radical (unpaired) electrons. The maximum absolute atomic E-state index is 12.4. The molecule has 5 heteroatoms. The van der Waals surface area contributed by atoms with Crippen LogP contribution in [0.4, 0.5) is 11.5 Å². The standard InChI is InChI=1S/C20H22N4O/c1-12(16-9-13-7-5-6-8-15(13)24-16)10-22-19-17(21)14(11-23-19)18(25)20(2,3)4/h5-11,23-24H,1,21H2,2-4H3/b22-10-. The normalized spacial score (nSPS) is 12.1. The first-order valence-corrected chi connectivity index (χ1v) is 8.10. The van der Waals surface area contributed by atoms with Crippen LogP contribution in [0.1, 0.15) is 36.8 Å². The van der Waals surface area contributed by atoms with Crippen molar-refractivity contribution < 1.29 is 4.79 Å². The highest BCUT2D eigenvalue weighted by molar-refractivity contribution is 6.11. The zero-order valence-corrected chi connectivity index (χ0v) is 14.7. The molecule has 0 saturated carbocycles. The second kappa shape index (κ2) is 6.09. The van der Waals surface area contributed by atoms with Gasteiger partial charge < -0.3 is 15.7 Å². The zero-order valence-electron chi connectivity index (χ0n) is 14.7. The Bertz CT molecular complexity index is 950. The number of nitrogens with zero attached hydrogens (tertiary/aromatic N) is 1. The lowest BCUT2D eigenvalue weighted by Gasteiger charge is -2.15. The number of allylic oxidation sites excluding steroid dienone is 1. The van der Waals surface area contributed by atoms with Crippen molar-refractivity contribution in [1.82, 2.24) is 9.97 Å². The van der Waals surface area contributed by atoms with Gasteiger partial charge in [0.2, 0.25) is 0 Å². The van der Waals surface area contributed by atoms with Crippen molar-refractivity contribution in [3.8, 4) is 0 Å². The van der Waals surface area contributed by atoms with Gasteiger partial charge in [0.1, 0.15) is 0 Å². The number of fused-ring (bicyclic) bond motifs is 1. The van der Waals surface area contributed by atoms with Crippen LogP contribution in [0.25, 0.3) is 16.5 Å². The number of H-pyrrole nitrogens is 2. The fourth-order valence-electron chi connectivity index (χ4n) is 2.58. The number of rotatable bonds is 4. The van der Waals surface area contributed by atoms with Gasteiger partial charge in [-0.1, -0.05) is 45.5 Å². The summed E-state index contributed by atoms with van der Waals surface area (Å²) >= 11 is 0. The Morgan fingerprint density at radius 1 is 1.28 bits per heavy atom. The van der Waals surface area contributed by atoms with E-state index in [0.29, 0.717) is 17.1 Å². The first-order chi connectivity index (χ1) is 11.8. The lowest BCUT2D eigenvalue weighted by molar-refractivity contribution is 0.0859. The van der Waals surface area contributed by atoms with Crippen LogP contribution in [0, 0.1) is 5.41 Å². The van der Waals surface area contributed by atoms with Crippen molar-refractivity contribution >= 4 is 40.0 Å². The molecule has 2 heterocycles. The molecule has 0 saturated heterocycles. The third-order valence-electron chi connectivity index (χ3n) is 4.05. The van der Waals surface area contributed by atoms with Gasteiger partial charge in [0.05, 0.1) is 11.3 Å². The summed E-state index contributed by atoms with van der Waals surface area (Å²) in [4.78, 5) is 23.0. The fourth-order valence-corrected chi connectivity index (χ4v) is 2.58. The molecule has 0 unspecified atom stereocenters. The number of para-hydroxylation sites is 1. The molecule has 128 valence electrons. The van der Waals surface area contributed by atoms with E-state index < -0.39 is 5.41 Å². The third-order valence-corrected chi connectivity index (χ3v) is 4.05. The Hall–Kier alpha value is -3.08. The van der Waals surface area contributed by atoms with E-state index in [1.165, 1.54) is 0 Å². The molecule has 0 fully saturated rings. The van der Waals surface area contributed by atoms with Crippen molar-refractivity contribution in [2.75, 3.05) is 5.73 Å². The second-order valence-corrected chi connectivity index (χ2v) is 7.10. The molecule has 3 aromatic rings. The summed E-state index contributed by atoms with van der Waals surface area (Å²) in [5.41, 5.74) is 9.09. The molecule has 0 spiro atoms. The van der Waals surface area contributed by atoms with Gasteiger partial charge in [-0.05, 0) is 12.1 Å². The molecule has 3 rings (SSSR count). The minimum Gasteiger partial charge on any atom is -0.395 e. The predicted molar refractivity (Wildman–Crippen MR) is 104 cm³/mol. The minimum absolute atomic E-state index is 0.0165. The molecular formula is C20H22N4O. The number of nitrogens with one attached hydrogen (secondary N) is 2.